The van der Waals surface area contributed by atoms with E-state index in [-0.39, 0.29) is 6.04 Å². The summed E-state index contributed by atoms with van der Waals surface area (Å²) >= 11 is 6.09. The number of hydrogen-bond donors (Lipinski definition) is 2. The first-order valence-corrected chi connectivity index (χ1v) is 10.8. The number of nitrogens with one attached hydrogen (secondary N) is 2. The number of allylic oxidation sites excluding steroid dienone is 1. The molecular formula is C22H24ClN7. The lowest BCUT2D eigenvalue weighted by Crippen LogP contribution is -2.25. The first kappa shape index (κ1) is 19.1. The molecule has 2 fully saturated rings. The van der Waals surface area contributed by atoms with Crippen LogP contribution in [0.1, 0.15) is 61.6 Å². The minimum absolute atomic E-state index is 0.247. The summed E-state index contributed by atoms with van der Waals surface area (Å²) in [7, 11) is 0. The molecule has 1 aliphatic heterocycles. The van der Waals surface area contributed by atoms with Gasteiger partial charge in [0.2, 0.25) is 11.9 Å². The van der Waals surface area contributed by atoms with E-state index in [1.807, 2.05) is 37.3 Å². The van der Waals surface area contributed by atoms with Gasteiger partial charge in [-0.25, -0.2) is 0 Å². The quantitative estimate of drug-likeness (QED) is 0.566. The van der Waals surface area contributed by atoms with Gasteiger partial charge in [0.05, 0.1) is 11.7 Å². The van der Waals surface area contributed by atoms with Crippen molar-refractivity contribution in [2.45, 2.75) is 44.6 Å². The van der Waals surface area contributed by atoms with Gasteiger partial charge >= 0.3 is 0 Å². The van der Waals surface area contributed by atoms with Crippen molar-refractivity contribution in [3.8, 4) is 0 Å². The number of benzene rings is 1. The summed E-state index contributed by atoms with van der Waals surface area (Å²) in [5, 5.41) is 11.3. The molecule has 0 radical (unpaired) electrons. The molecular weight excluding hydrogens is 398 g/mol. The van der Waals surface area contributed by atoms with E-state index in [9.17, 15) is 0 Å². The molecule has 2 aromatic heterocycles. The molecule has 3 heterocycles. The summed E-state index contributed by atoms with van der Waals surface area (Å²) in [6, 6.07) is 10.3. The molecule has 1 saturated heterocycles. The molecule has 1 unspecified atom stereocenters. The number of rotatable bonds is 6. The lowest BCUT2D eigenvalue weighted by molar-refractivity contribution is 0.694. The summed E-state index contributed by atoms with van der Waals surface area (Å²) in [6.07, 6.45) is 8.38. The molecule has 2 aliphatic rings. The Labute approximate surface area is 180 Å². The van der Waals surface area contributed by atoms with Crippen LogP contribution in [0.4, 0.5) is 17.7 Å². The van der Waals surface area contributed by atoms with Crippen LogP contribution >= 0.6 is 11.6 Å². The standard InChI is InChI=1S/C22H24ClN7/c1-2-4-17-13-19(29-28-17)24-21-25-20(15-6-7-15)26-22(27-21)30-12-3-5-18(30)14-8-10-16(23)11-9-14/h2,4,8-11,13,15,18H,3,5-7,12H2,1H3,(H2,24,25,26,27,28,29)/b4-2+. The van der Waals surface area contributed by atoms with E-state index in [1.165, 1.54) is 5.56 Å². The predicted octanol–water partition coefficient (Wildman–Crippen LogP) is 5.24. The first-order chi connectivity index (χ1) is 14.7. The molecule has 30 heavy (non-hydrogen) atoms. The lowest BCUT2D eigenvalue weighted by atomic mass is 10.1. The zero-order valence-corrected chi connectivity index (χ0v) is 17.6. The summed E-state index contributed by atoms with van der Waals surface area (Å²) in [5.74, 6) is 3.27. The molecule has 154 valence electrons. The number of anilines is 3. The Balaban J connectivity index is 1.45. The van der Waals surface area contributed by atoms with Crippen molar-refractivity contribution in [1.82, 2.24) is 25.1 Å². The molecule has 1 aromatic carbocycles. The van der Waals surface area contributed by atoms with Gasteiger partial charge in [-0.1, -0.05) is 29.8 Å². The molecule has 1 saturated carbocycles. The van der Waals surface area contributed by atoms with Crippen molar-refractivity contribution in [3.63, 3.8) is 0 Å². The van der Waals surface area contributed by atoms with Gasteiger partial charge in [0, 0.05) is 23.6 Å². The number of halogens is 1. The average molecular weight is 422 g/mol. The van der Waals surface area contributed by atoms with Crippen LogP contribution in [-0.2, 0) is 0 Å². The number of nitrogens with zero attached hydrogens (tertiary/aromatic N) is 5. The molecule has 2 N–H and O–H groups in total. The van der Waals surface area contributed by atoms with Gasteiger partial charge in [0.1, 0.15) is 5.82 Å². The highest BCUT2D eigenvalue weighted by Crippen LogP contribution is 2.40. The van der Waals surface area contributed by atoms with Gasteiger partial charge in [-0.2, -0.15) is 20.1 Å². The topological polar surface area (TPSA) is 82.6 Å². The molecule has 5 rings (SSSR count). The summed E-state index contributed by atoms with van der Waals surface area (Å²) in [5.41, 5.74) is 2.17. The fourth-order valence-electron chi connectivity index (χ4n) is 3.91. The molecule has 0 spiro atoms. The highest BCUT2D eigenvalue weighted by Gasteiger charge is 2.32. The Morgan fingerprint density at radius 2 is 1.97 bits per heavy atom. The Morgan fingerprint density at radius 1 is 1.13 bits per heavy atom. The van der Waals surface area contributed by atoms with Crippen LogP contribution in [0.15, 0.2) is 36.4 Å². The molecule has 1 atom stereocenters. The van der Waals surface area contributed by atoms with E-state index in [4.69, 9.17) is 21.6 Å². The Kier molecular flexibility index (Phi) is 5.12. The van der Waals surface area contributed by atoms with Crippen molar-refractivity contribution < 1.29 is 0 Å². The smallest absolute Gasteiger partial charge is 0.233 e. The van der Waals surface area contributed by atoms with Gasteiger partial charge < -0.3 is 10.2 Å². The van der Waals surface area contributed by atoms with E-state index < -0.39 is 0 Å². The Morgan fingerprint density at radius 3 is 2.73 bits per heavy atom. The second-order valence-electron chi connectivity index (χ2n) is 7.83. The maximum absolute atomic E-state index is 6.09. The SMILES string of the molecule is C/C=C/c1cc(Nc2nc(C3CC3)nc(N3CCCC3c3ccc(Cl)cc3)n2)n[nH]1. The van der Waals surface area contributed by atoms with E-state index in [0.717, 1.165) is 54.7 Å². The van der Waals surface area contributed by atoms with Crippen LogP contribution in [0.5, 0.6) is 0 Å². The van der Waals surface area contributed by atoms with Gasteiger partial charge in [-0.15, -0.1) is 0 Å². The lowest BCUT2D eigenvalue weighted by Gasteiger charge is -2.25. The second-order valence-corrected chi connectivity index (χ2v) is 8.26. The molecule has 3 aromatic rings. The van der Waals surface area contributed by atoms with E-state index in [2.05, 4.69) is 37.5 Å². The molecule has 8 heteroatoms. The number of aromatic nitrogens is 5. The Bertz CT molecular complexity index is 1060. The maximum Gasteiger partial charge on any atom is 0.233 e. The molecule has 0 amide bonds. The highest BCUT2D eigenvalue weighted by molar-refractivity contribution is 6.30. The van der Waals surface area contributed by atoms with Crippen LogP contribution in [0.3, 0.4) is 0 Å². The van der Waals surface area contributed by atoms with Crippen molar-refractivity contribution in [1.29, 1.82) is 0 Å². The summed E-state index contributed by atoms with van der Waals surface area (Å²) in [6.45, 7) is 2.90. The van der Waals surface area contributed by atoms with Crippen LogP contribution in [-0.4, -0.2) is 31.7 Å². The van der Waals surface area contributed by atoms with Crippen LogP contribution in [0, 0.1) is 0 Å². The zero-order chi connectivity index (χ0) is 20.5. The summed E-state index contributed by atoms with van der Waals surface area (Å²) < 4.78 is 0. The van der Waals surface area contributed by atoms with Gasteiger partial charge in [-0.05, 0) is 56.4 Å². The first-order valence-electron chi connectivity index (χ1n) is 10.4. The molecule has 7 nitrogen and oxygen atoms in total. The fourth-order valence-corrected chi connectivity index (χ4v) is 4.03. The van der Waals surface area contributed by atoms with Gasteiger partial charge in [0.25, 0.3) is 0 Å². The minimum Gasteiger partial charge on any atom is -0.334 e. The van der Waals surface area contributed by atoms with Crippen LogP contribution < -0.4 is 10.2 Å². The van der Waals surface area contributed by atoms with E-state index in [0.29, 0.717) is 17.7 Å². The maximum atomic E-state index is 6.09. The predicted molar refractivity (Wildman–Crippen MR) is 119 cm³/mol. The van der Waals surface area contributed by atoms with Crippen LogP contribution in [0.2, 0.25) is 5.02 Å². The number of hydrogen-bond acceptors (Lipinski definition) is 6. The fraction of sp³-hybridized carbons (Fsp3) is 0.364. The van der Waals surface area contributed by atoms with Gasteiger partial charge in [-0.3, -0.25) is 5.10 Å². The van der Waals surface area contributed by atoms with Crippen LogP contribution in [0.25, 0.3) is 6.08 Å². The highest BCUT2D eigenvalue weighted by atomic mass is 35.5. The molecule has 1 aliphatic carbocycles. The van der Waals surface area contributed by atoms with E-state index in [1.54, 1.807) is 0 Å². The average Bonchev–Trinajstić information content (AvgIpc) is 3.33. The Hall–Kier alpha value is -2.93. The van der Waals surface area contributed by atoms with Crippen molar-refractivity contribution >= 4 is 35.4 Å². The van der Waals surface area contributed by atoms with Crippen molar-refractivity contribution in [3.05, 3.63) is 58.5 Å². The third kappa shape index (κ3) is 4.03. The monoisotopic (exact) mass is 421 g/mol. The van der Waals surface area contributed by atoms with Crippen molar-refractivity contribution in [2.24, 2.45) is 0 Å². The van der Waals surface area contributed by atoms with E-state index >= 15 is 0 Å². The number of aromatic amines is 1. The normalized spacial score (nSPS) is 19.0. The number of H-pyrrole nitrogens is 1. The van der Waals surface area contributed by atoms with Crippen molar-refractivity contribution in [2.75, 3.05) is 16.8 Å². The largest absolute Gasteiger partial charge is 0.334 e. The zero-order valence-electron chi connectivity index (χ0n) is 16.8. The minimum atomic E-state index is 0.247. The summed E-state index contributed by atoms with van der Waals surface area (Å²) in [4.78, 5) is 16.6. The van der Waals surface area contributed by atoms with Gasteiger partial charge in [0.15, 0.2) is 5.82 Å². The second kappa shape index (κ2) is 8.07. The third-order valence-corrected chi connectivity index (χ3v) is 5.78. The third-order valence-electron chi connectivity index (χ3n) is 5.53. The molecule has 0 bridgehead atoms.